The van der Waals surface area contributed by atoms with Crippen molar-refractivity contribution in [3.8, 4) is 0 Å². The molecule has 2 aromatic rings. The first-order valence-corrected chi connectivity index (χ1v) is 8.09. The molecular weight excluding hydrogens is 276 g/mol. The molecule has 0 heterocycles. The second kappa shape index (κ2) is 10.4. The van der Waals surface area contributed by atoms with Gasteiger partial charge in [-0.1, -0.05) is 104 Å². The SMILES string of the molecule is C=C/C=C(/C)C=C.Cc1ccc(C(C)Cc2ccccc2)cc1. The van der Waals surface area contributed by atoms with E-state index >= 15 is 0 Å². The van der Waals surface area contributed by atoms with Gasteiger partial charge in [-0.2, -0.15) is 0 Å². The highest BCUT2D eigenvalue weighted by atomic mass is 14.1. The van der Waals surface area contributed by atoms with Gasteiger partial charge in [0.05, 0.1) is 0 Å². The minimum absolute atomic E-state index is 0.586. The molecular formula is C23H28. The van der Waals surface area contributed by atoms with Crippen LogP contribution in [0, 0.1) is 6.92 Å². The molecule has 2 aromatic carbocycles. The van der Waals surface area contributed by atoms with E-state index in [4.69, 9.17) is 0 Å². The Labute approximate surface area is 141 Å². The van der Waals surface area contributed by atoms with Crippen molar-refractivity contribution < 1.29 is 0 Å². The molecule has 0 bridgehead atoms. The zero-order valence-corrected chi connectivity index (χ0v) is 14.6. The second-order valence-electron chi connectivity index (χ2n) is 5.85. The van der Waals surface area contributed by atoms with E-state index in [-0.39, 0.29) is 0 Å². The number of allylic oxidation sites excluding steroid dienone is 4. The van der Waals surface area contributed by atoms with Crippen LogP contribution in [0.25, 0.3) is 0 Å². The Kier molecular flexibility index (Phi) is 8.46. The molecule has 0 N–H and O–H groups in total. The fourth-order valence-corrected chi connectivity index (χ4v) is 2.23. The number of hydrogen-bond donors (Lipinski definition) is 0. The minimum Gasteiger partial charge on any atom is -0.0991 e. The van der Waals surface area contributed by atoms with Crippen molar-refractivity contribution in [1.82, 2.24) is 0 Å². The maximum Gasteiger partial charge on any atom is -0.0150 e. The van der Waals surface area contributed by atoms with Gasteiger partial charge in [-0.3, -0.25) is 0 Å². The number of benzene rings is 2. The van der Waals surface area contributed by atoms with Gasteiger partial charge in [-0.25, -0.2) is 0 Å². The van der Waals surface area contributed by atoms with Crippen LogP contribution in [0.1, 0.15) is 36.5 Å². The van der Waals surface area contributed by atoms with Crippen LogP contribution in [-0.4, -0.2) is 0 Å². The Bertz CT molecular complexity index is 615. The van der Waals surface area contributed by atoms with Gasteiger partial charge in [0.1, 0.15) is 0 Å². The van der Waals surface area contributed by atoms with Crippen LogP contribution in [0.15, 0.2) is 91.6 Å². The zero-order valence-electron chi connectivity index (χ0n) is 14.6. The zero-order chi connectivity index (χ0) is 17.1. The number of aryl methyl sites for hydroxylation is 1. The van der Waals surface area contributed by atoms with Gasteiger partial charge in [0.2, 0.25) is 0 Å². The molecule has 23 heavy (non-hydrogen) atoms. The summed E-state index contributed by atoms with van der Waals surface area (Å²) in [6.45, 7) is 13.5. The molecule has 0 heteroatoms. The molecule has 0 saturated carbocycles. The smallest absolute Gasteiger partial charge is 0.0150 e. The van der Waals surface area contributed by atoms with Gasteiger partial charge in [0, 0.05) is 0 Å². The molecule has 0 radical (unpaired) electrons. The standard InChI is InChI=1S/C16H18.C7H10/c1-13-8-10-16(11-9-13)14(2)12-15-6-4-3-5-7-15;1-4-6-7(3)5-2/h3-11,14H,12H2,1-2H3;4-6H,1-2H2,3H3/b;7-6-. The van der Waals surface area contributed by atoms with E-state index in [9.17, 15) is 0 Å². The van der Waals surface area contributed by atoms with E-state index in [0.29, 0.717) is 5.92 Å². The molecule has 0 aliphatic rings. The Morgan fingerprint density at radius 2 is 1.61 bits per heavy atom. The molecule has 0 nitrogen and oxygen atoms in total. The topological polar surface area (TPSA) is 0 Å². The highest BCUT2D eigenvalue weighted by Crippen LogP contribution is 2.20. The van der Waals surface area contributed by atoms with E-state index in [1.807, 2.05) is 13.0 Å². The molecule has 0 aliphatic heterocycles. The van der Waals surface area contributed by atoms with Crippen LogP contribution in [0.5, 0.6) is 0 Å². The van der Waals surface area contributed by atoms with Crippen molar-refractivity contribution in [3.63, 3.8) is 0 Å². The fraction of sp³-hybridized carbons (Fsp3) is 0.217. The van der Waals surface area contributed by atoms with Gasteiger partial charge in [-0.05, 0) is 37.3 Å². The molecule has 1 unspecified atom stereocenters. The molecule has 0 aromatic heterocycles. The Balaban J connectivity index is 0.000000322. The lowest BCUT2D eigenvalue weighted by molar-refractivity contribution is 0.759. The summed E-state index contributed by atoms with van der Waals surface area (Å²) in [6, 6.07) is 19.5. The van der Waals surface area contributed by atoms with Gasteiger partial charge in [-0.15, -0.1) is 0 Å². The van der Waals surface area contributed by atoms with E-state index in [2.05, 4.69) is 81.6 Å². The van der Waals surface area contributed by atoms with Crippen molar-refractivity contribution in [1.29, 1.82) is 0 Å². The molecule has 0 spiro atoms. The van der Waals surface area contributed by atoms with E-state index in [1.165, 1.54) is 16.7 Å². The first kappa shape index (κ1) is 18.7. The third-order valence-corrected chi connectivity index (χ3v) is 3.73. The molecule has 0 saturated heterocycles. The van der Waals surface area contributed by atoms with Gasteiger partial charge in [0.25, 0.3) is 0 Å². The third-order valence-electron chi connectivity index (χ3n) is 3.73. The second-order valence-corrected chi connectivity index (χ2v) is 5.85. The lowest BCUT2D eigenvalue weighted by Gasteiger charge is -2.12. The van der Waals surface area contributed by atoms with Crippen LogP contribution in [0.3, 0.4) is 0 Å². The summed E-state index contributed by atoms with van der Waals surface area (Å²) in [7, 11) is 0. The predicted molar refractivity (Wildman–Crippen MR) is 104 cm³/mol. The largest absolute Gasteiger partial charge is 0.0991 e. The fourth-order valence-electron chi connectivity index (χ4n) is 2.23. The average Bonchev–Trinajstić information content (AvgIpc) is 2.57. The van der Waals surface area contributed by atoms with Crippen LogP contribution in [0.4, 0.5) is 0 Å². The summed E-state index contributed by atoms with van der Waals surface area (Å²) in [5, 5.41) is 0. The van der Waals surface area contributed by atoms with Crippen molar-refractivity contribution in [2.45, 2.75) is 33.1 Å². The van der Waals surface area contributed by atoms with Crippen LogP contribution < -0.4 is 0 Å². The summed E-state index contributed by atoms with van der Waals surface area (Å²) in [4.78, 5) is 0. The monoisotopic (exact) mass is 304 g/mol. The molecule has 1 atom stereocenters. The number of rotatable bonds is 5. The predicted octanol–water partition coefficient (Wildman–Crippen LogP) is 6.65. The normalized spacial score (nSPS) is 11.9. The Hall–Kier alpha value is -2.34. The summed E-state index contributed by atoms with van der Waals surface area (Å²) < 4.78 is 0. The van der Waals surface area contributed by atoms with Gasteiger partial charge in [0.15, 0.2) is 0 Å². The Morgan fingerprint density at radius 1 is 1.00 bits per heavy atom. The van der Waals surface area contributed by atoms with Crippen molar-refractivity contribution >= 4 is 0 Å². The molecule has 2 rings (SSSR count). The molecule has 0 amide bonds. The molecule has 0 aliphatic carbocycles. The van der Waals surface area contributed by atoms with Gasteiger partial charge >= 0.3 is 0 Å². The first-order valence-electron chi connectivity index (χ1n) is 8.09. The quantitative estimate of drug-likeness (QED) is 0.543. The summed E-state index contributed by atoms with van der Waals surface area (Å²) >= 11 is 0. The highest BCUT2D eigenvalue weighted by Gasteiger charge is 2.05. The van der Waals surface area contributed by atoms with Crippen LogP contribution >= 0.6 is 0 Å². The third kappa shape index (κ3) is 7.46. The Morgan fingerprint density at radius 3 is 2.09 bits per heavy atom. The average molecular weight is 304 g/mol. The van der Waals surface area contributed by atoms with Crippen LogP contribution in [0.2, 0.25) is 0 Å². The van der Waals surface area contributed by atoms with Crippen molar-refractivity contribution in [2.24, 2.45) is 0 Å². The summed E-state index contributed by atoms with van der Waals surface area (Å²) in [5.41, 5.74) is 5.32. The molecule has 0 fully saturated rings. The van der Waals surface area contributed by atoms with Crippen molar-refractivity contribution in [2.75, 3.05) is 0 Å². The highest BCUT2D eigenvalue weighted by molar-refractivity contribution is 5.26. The first-order chi connectivity index (χ1) is 11.1. The molecule has 120 valence electrons. The minimum atomic E-state index is 0.586. The lowest BCUT2D eigenvalue weighted by atomic mass is 9.93. The van der Waals surface area contributed by atoms with Crippen molar-refractivity contribution in [3.05, 3.63) is 108 Å². The van der Waals surface area contributed by atoms with E-state index in [1.54, 1.807) is 12.2 Å². The van der Waals surface area contributed by atoms with E-state index in [0.717, 1.165) is 12.0 Å². The van der Waals surface area contributed by atoms with E-state index < -0.39 is 0 Å². The maximum absolute atomic E-state index is 3.56. The number of hydrogen-bond acceptors (Lipinski definition) is 0. The summed E-state index contributed by atoms with van der Waals surface area (Å²) in [5.74, 6) is 0.586. The lowest BCUT2D eigenvalue weighted by Crippen LogP contribution is -1.98. The summed E-state index contributed by atoms with van der Waals surface area (Å²) in [6.07, 6.45) is 6.57. The van der Waals surface area contributed by atoms with Gasteiger partial charge < -0.3 is 0 Å². The maximum atomic E-state index is 3.56. The van der Waals surface area contributed by atoms with Crippen LogP contribution in [-0.2, 0) is 6.42 Å².